The van der Waals surface area contributed by atoms with E-state index in [0.29, 0.717) is 24.5 Å². The minimum atomic E-state index is 0.491. The molecule has 0 bridgehead atoms. The van der Waals surface area contributed by atoms with Gasteiger partial charge in [-0.15, -0.1) is 0 Å². The van der Waals surface area contributed by atoms with Gasteiger partial charge in [-0.05, 0) is 24.8 Å². The van der Waals surface area contributed by atoms with Crippen molar-refractivity contribution < 1.29 is 4.74 Å². The molecule has 0 radical (unpaired) electrons. The van der Waals surface area contributed by atoms with Crippen LogP contribution in [0.2, 0.25) is 0 Å². The number of hydrogen-bond acceptors (Lipinski definition) is 2. The highest BCUT2D eigenvalue weighted by Gasteiger charge is 2.13. The third-order valence-electron chi connectivity index (χ3n) is 3.92. The quantitative estimate of drug-likeness (QED) is 0.625. The third-order valence-corrected chi connectivity index (χ3v) is 3.92. The summed E-state index contributed by atoms with van der Waals surface area (Å²) in [7, 11) is 0. The predicted molar refractivity (Wildman–Crippen MR) is 92.1 cm³/mol. The van der Waals surface area contributed by atoms with Crippen LogP contribution in [0.3, 0.4) is 0 Å². The van der Waals surface area contributed by atoms with E-state index in [-0.39, 0.29) is 0 Å². The van der Waals surface area contributed by atoms with Crippen LogP contribution >= 0.6 is 0 Å². The standard InChI is InChI=1S/C18H29N3O/c1-14(2)13-22-17-11-7-6-8-15(17)12-20-18(19)21-16-9-4-3-5-10-16/h6-8,11,14,16H,3-5,9-10,12-13H2,1-2H3,(H3,19,20,21). The van der Waals surface area contributed by atoms with Gasteiger partial charge in [-0.3, -0.25) is 0 Å². The highest BCUT2D eigenvalue weighted by Crippen LogP contribution is 2.20. The van der Waals surface area contributed by atoms with E-state index in [2.05, 4.69) is 24.2 Å². The molecule has 4 heteroatoms. The smallest absolute Gasteiger partial charge is 0.189 e. The van der Waals surface area contributed by atoms with Crippen LogP contribution < -0.4 is 15.8 Å². The number of rotatable bonds is 6. The van der Waals surface area contributed by atoms with E-state index in [0.717, 1.165) is 17.9 Å². The number of nitrogens with one attached hydrogen (secondary N) is 1. The number of nitrogens with two attached hydrogens (primary N) is 1. The van der Waals surface area contributed by atoms with E-state index in [1.54, 1.807) is 0 Å². The highest BCUT2D eigenvalue weighted by molar-refractivity contribution is 5.78. The lowest BCUT2D eigenvalue weighted by molar-refractivity contribution is 0.268. The molecule has 0 aromatic heterocycles. The van der Waals surface area contributed by atoms with Crippen molar-refractivity contribution in [2.24, 2.45) is 16.6 Å². The maximum atomic E-state index is 6.02. The fourth-order valence-corrected chi connectivity index (χ4v) is 2.70. The zero-order valence-corrected chi connectivity index (χ0v) is 13.8. The molecule has 0 atom stereocenters. The summed E-state index contributed by atoms with van der Waals surface area (Å²) in [6.45, 7) is 5.57. The first-order chi connectivity index (χ1) is 10.6. The number of para-hydroxylation sites is 1. The molecule has 0 heterocycles. The topological polar surface area (TPSA) is 59.6 Å². The molecular formula is C18H29N3O. The molecule has 0 aliphatic heterocycles. The molecule has 4 nitrogen and oxygen atoms in total. The molecular weight excluding hydrogens is 274 g/mol. The van der Waals surface area contributed by atoms with Crippen molar-refractivity contribution >= 4 is 5.96 Å². The van der Waals surface area contributed by atoms with Gasteiger partial charge in [-0.25, -0.2) is 4.99 Å². The molecule has 0 amide bonds. The number of ether oxygens (including phenoxy) is 1. The molecule has 1 aromatic carbocycles. The molecule has 0 spiro atoms. The number of benzene rings is 1. The van der Waals surface area contributed by atoms with E-state index in [1.807, 2.05) is 24.3 Å². The van der Waals surface area contributed by atoms with Gasteiger partial charge >= 0.3 is 0 Å². The minimum Gasteiger partial charge on any atom is -0.493 e. The lowest BCUT2D eigenvalue weighted by Crippen LogP contribution is -2.41. The Morgan fingerprint density at radius 3 is 2.73 bits per heavy atom. The molecule has 0 unspecified atom stereocenters. The normalized spacial score (nSPS) is 16.8. The maximum absolute atomic E-state index is 6.02. The summed E-state index contributed by atoms with van der Waals surface area (Å²) in [5.41, 5.74) is 7.10. The van der Waals surface area contributed by atoms with Gasteiger partial charge in [-0.1, -0.05) is 51.3 Å². The van der Waals surface area contributed by atoms with Gasteiger partial charge in [0.2, 0.25) is 0 Å². The van der Waals surface area contributed by atoms with E-state index >= 15 is 0 Å². The monoisotopic (exact) mass is 303 g/mol. The molecule has 1 aliphatic carbocycles. The van der Waals surface area contributed by atoms with Crippen molar-refractivity contribution in [1.29, 1.82) is 0 Å². The average Bonchev–Trinajstić information content (AvgIpc) is 2.52. The second-order valence-corrected chi connectivity index (χ2v) is 6.49. The molecule has 1 aromatic rings. The van der Waals surface area contributed by atoms with Crippen LogP contribution in [0, 0.1) is 5.92 Å². The zero-order valence-electron chi connectivity index (χ0n) is 13.8. The van der Waals surface area contributed by atoms with Crippen molar-refractivity contribution in [2.45, 2.75) is 58.5 Å². The molecule has 1 aliphatic rings. The Bertz CT molecular complexity index is 479. The first kappa shape index (κ1) is 16.7. The van der Waals surface area contributed by atoms with Gasteiger partial charge in [-0.2, -0.15) is 0 Å². The molecule has 1 fully saturated rings. The third kappa shape index (κ3) is 5.58. The number of hydrogen-bond donors (Lipinski definition) is 2. The van der Waals surface area contributed by atoms with E-state index in [9.17, 15) is 0 Å². The molecule has 122 valence electrons. The van der Waals surface area contributed by atoms with Crippen molar-refractivity contribution in [3.8, 4) is 5.75 Å². The second-order valence-electron chi connectivity index (χ2n) is 6.49. The van der Waals surface area contributed by atoms with Gasteiger partial charge in [0.25, 0.3) is 0 Å². The van der Waals surface area contributed by atoms with Crippen molar-refractivity contribution in [1.82, 2.24) is 5.32 Å². The van der Waals surface area contributed by atoms with Crippen LogP contribution in [-0.4, -0.2) is 18.6 Å². The SMILES string of the molecule is CC(C)COc1ccccc1CN=C(N)NC1CCCCC1. The first-order valence-electron chi connectivity index (χ1n) is 8.42. The van der Waals surface area contributed by atoms with Crippen LogP contribution in [0.25, 0.3) is 0 Å². The number of aliphatic imine (C=N–C) groups is 1. The average molecular weight is 303 g/mol. The van der Waals surface area contributed by atoms with Crippen molar-refractivity contribution in [2.75, 3.05) is 6.61 Å². The van der Waals surface area contributed by atoms with Crippen LogP contribution in [0.15, 0.2) is 29.3 Å². The Balaban J connectivity index is 1.90. The van der Waals surface area contributed by atoms with E-state index in [4.69, 9.17) is 10.5 Å². The van der Waals surface area contributed by atoms with Gasteiger partial charge in [0.1, 0.15) is 5.75 Å². The highest BCUT2D eigenvalue weighted by atomic mass is 16.5. The summed E-state index contributed by atoms with van der Waals surface area (Å²) < 4.78 is 5.85. The Labute approximate surface area is 134 Å². The fraction of sp³-hybridized carbons (Fsp3) is 0.611. The van der Waals surface area contributed by atoms with Crippen molar-refractivity contribution in [3.63, 3.8) is 0 Å². The Hall–Kier alpha value is -1.71. The Morgan fingerprint density at radius 2 is 2.00 bits per heavy atom. The summed E-state index contributed by atoms with van der Waals surface area (Å²) in [5.74, 6) is 1.96. The van der Waals surface area contributed by atoms with E-state index < -0.39 is 0 Å². The van der Waals surface area contributed by atoms with Crippen LogP contribution in [0.5, 0.6) is 5.75 Å². The minimum absolute atomic E-state index is 0.491. The second kappa shape index (κ2) is 8.66. The van der Waals surface area contributed by atoms with Crippen molar-refractivity contribution in [3.05, 3.63) is 29.8 Å². The first-order valence-corrected chi connectivity index (χ1v) is 8.42. The molecule has 22 heavy (non-hydrogen) atoms. The largest absolute Gasteiger partial charge is 0.493 e. The molecule has 3 N–H and O–H groups in total. The lowest BCUT2D eigenvalue weighted by Gasteiger charge is -2.23. The van der Waals surface area contributed by atoms with Crippen LogP contribution in [0.1, 0.15) is 51.5 Å². The van der Waals surface area contributed by atoms with Gasteiger partial charge in [0, 0.05) is 11.6 Å². The van der Waals surface area contributed by atoms with Gasteiger partial charge in [0.05, 0.1) is 13.2 Å². The molecule has 0 saturated heterocycles. The number of nitrogens with zero attached hydrogens (tertiary/aromatic N) is 1. The van der Waals surface area contributed by atoms with Gasteiger partial charge in [0.15, 0.2) is 5.96 Å². The lowest BCUT2D eigenvalue weighted by atomic mass is 9.96. The van der Waals surface area contributed by atoms with Crippen LogP contribution in [0.4, 0.5) is 0 Å². The van der Waals surface area contributed by atoms with Gasteiger partial charge < -0.3 is 15.8 Å². The zero-order chi connectivity index (χ0) is 15.8. The Morgan fingerprint density at radius 1 is 1.27 bits per heavy atom. The summed E-state index contributed by atoms with van der Waals surface area (Å²) in [5, 5.41) is 3.35. The van der Waals surface area contributed by atoms with E-state index in [1.165, 1.54) is 32.1 Å². The summed E-state index contributed by atoms with van der Waals surface area (Å²) in [6, 6.07) is 8.54. The predicted octanol–water partition coefficient (Wildman–Crippen LogP) is 3.46. The maximum Gasteiger partial charge on any atom is 0.189 e. The fourth-order valence-electron chi connectivity index (χ4n) is 2.70. The summed E-state index contributed by atoms with van der Waals surface area (Å²) >= 11 is 0. The molecule has 1 saturated carbocycles. The molecule has 2 rings (SSSR count). The number of guanidine groups is 1. The summed E-state index contributed by atoms with van der Waals surface area (Å²) in [4.78, 5) is 4.48. The Kier molecular flexibility index (Phi) is 6.56. The van der Waals surface area contributed by atoms with Crippen LogP contribution in [-0.2, 0) is 6.54 Å². The summed E-state index contributed by atoms with van der Waals surface area (Å²) in [6.07, 6.45) is 6.32.